The van der Waals surface area contributed by atoms with Crippen molar-refractivity contribution in [3.8, 4) is 17.1 Å². The van der Waals surface area contributed by atoms with Gasteiger partial charge in [0.15, 0.2) is 6.10 Å². The molecule has 2 heterocycles. The Hall–Kier alpha value is -2.16. The Labute approximate surface area is 197 Å². The summed E-state index contributed by atoms with van der Waals surface area (Å²) in [6.07, 6.45) is 3.37. The Bertz CT molecular complexity index is 1090. The van der Waals surface area contributed by atoms with E-state index in [9.17, 15) is 5.11 Å². The van der Waals surface area contributed by atoms with Crippen molar-refractivity contribution < 1.29 is 24.4 Å². The van der Waals surface area contributed by atoms with Crippen LogP contribution in [0.25, 0.3) is 22.2 Å². The molecule has 2 aliphatic rings. The normalized spacial score (nSPS) is 25.5. The predicted molar refractivity (Wildman–Crippen MR) is 126 cm³/mol. The molecule has 1 aliphatic heterocycles. The molecule has 3 N–H and O–H groups in total. The number of benzene rings is 2. The summed E-state index contributed by atoms with van der Waals surface area (Å²) in [5.41, 5.74) is 4.61. The molecule has 4 unspecified atom stereocenters. The van der Waals surface area contributed by atoms with E-state index in [1.807, 2.05) is 12.1 Å². The van der Waals surface area contributed by atoms with Crippen molar-refractivity contribution in [2.24, 2.45) is 0 Å². The van der Waals surface area contributed by atoms with E-state index in [-0.39, 0.29) is 37.4 Å². The third kappa shape index (κ3) is 4.88. The fourth-order valence-corrected chi connectivity index (χ4v) is 5.09. The minimum atomic E-state index is -0.297. The summed E-state index contributed by atoms with van der Waals surface area (Å²) in [6.45, 7) is 1.03. The largest absolute Gasteiger partial charge is 0.456 e. The molecule has 8 heteroatoms. The van der Waals surface area contributed by atoms with Crippen molar-refractivity contribution in [1.29, 1.82) is 0 Å². The summed E-state index contributed by atoms with van der Waals surface area (Å²) in [6, 6.07) is 12.5. The van der Waals surface area contributed by atoms with Gasteiger partial charge in [0, 0.05) is 11.5 Å². The number of aliphatic hydroxyl groups excluding tert-OH is 2. The first-order valence-electron chi connectivity index (χ1n) is 11.6. The van der Waals surface area contributed by atoms with Crippen LogP contribution < -0.4 is 4.74 Å². The first-order chi connectivity index (χ1) is 16.1. The number of nitrogens with one attached hydrogen (secondary N) is 1. The molecule has 0 spiro atoms. The van der Waals surface area contributed by atoms with E-state index in [4.69, 9.17) is 30.9 Å². The van der Waals surface area contributed by atoms with Crippen LogP contribution in [-0.4, -0.2) is 64.9 Å². The zero-order valence-corrected chi connectivity index (χ0v) is 19.1. The number of hydrogen-bond donors (Lipinski definition) is 3. The quantitative estimate of drug-likeness (QED) is 0.480. The minimum Gasteiger partial charge on any atom is -0.456 e. The van der Waals surface area contributed by atoms with E-state index in [0.717, 1.165) is 47.8 Å². The van der Waals surface area contributed by atoms with Crippen LogP contribution in [0.2, 0.25) is 5.02 Å². The average Bonchev–Trinajstić information content (AvgIpc) is 3.43. The molecule has 3 aromatic rings. The maximum absolute atomic E-state index is 10.4. The number of aliphatic hydroxyl groups is 2. The number of ether oxygens (including phenoxy) is 3. The Morgan fingerprint density at radius 1 is 1.09 bits per heavy atom. The van der Waals surface area contributed by atoms with Gasteiger partial charge in [0.2, 0.25) is 0 Å². The van der Waals surface area contributed by atoms with Gasteiger partial charge >= 0.3 is 0 Å². The lowest BCUT2D eigenvalue weighted by molar-refractivity contribution is -0.0166. The summed E-state index contributed by atoms with van der Waals surface area (Å²) in [4.78, 5) is 7.76. The number of fused-ring (bicyclic) bond motifs is 1. The van der Waals surface area contributed by atoms with Crippen LogP contribution >= 0.6 is 11.6 Å². The second-order valence-electron chi connectivity index (χ2n) is 8.80. The third-order valence-corrected chi connectivity index (χ3v) is 6.91. The Morgan fingerprint density at radius 3 is 2.67 bits per heavy atom. The van der Waals surface area contributed by atoms with Crippen LogP contribution in [0.1, 0.15) is 37.2 Å². The maximum Gasteiger partial charge on any atom is 0.295 e. The van der Waals surface area contributed by atoms with E-state index in [0.29, 0.717) is 24.2 Å². The lowest BCUT2D eigenvalue weighted by Gasteiger charge is -2.28. The molecule has 1 aromatic heterocycles. The summed E-state index contributed by atoms with van der Waals surface area (Å²) in [5.74, 6) is 0.210. The predicted octanol–water partition coefficient (Wildman–Crippen LogP) is 4.06. The lowest BCUT2D eigenvalue weighted by Crippen LogP contribution is -2.33. The second-order valence-corrected chi connectivity index (χ2v) is 9.21. The highest BCUT2D eigenvalue weighted by molar-refractivity contribution is 6.34. The summed E-state index contributed by atoms with van der Waals surface area (Å²) in [7, 11) is 0. The molecule has 7 nitrogen and oxygen atoms in total. The van der Waals surface area contributed by atoms with Crippen molar-refractivity contribution in [1.82, 2.24) is 9.97 Å². The van der Waals surface area contributed by atoms with Gasteiger partial charge in [0.1, 0.15) is 6.10 Å². The first kappa shape index (κ1) is 22.6. The van der Waals surface area contributed by atoms with Gasteiger partial charge in [-0.3, -0.25) is 0 Å². The van der Waals surface area contributed by atoms with Crippen LogP contribution in [0.15, 0.2) is 36.4 Å². The fourth-order valence-electron chi connectivity index (χ4n) is 4.82. The van der Waals surface area contributed by atoms with E-state index in [1.165, 1.54) is 5.56 Å². The number of rotatable bonds is 7. The topological polar surface area (TPSA) is 96.8 Å². The van der Waals surface area contributed by atoms with Gasteiger partial charge in [-0.25, -0.2) is 0 Å². The van der Waals surface area contributed by atoms with Crippen LogP contribution in [0.3, 0.4) is 0 Å². The smallest absolute Gasteiger partial charge is 0.295 e. The molecular weight excluding hydrogens is 444 g/mol. The monoisotopic (exact) mass is 472 g/mol. The Balaban J connectivity index is 1.35. The zero-order chi connectivity index (χ0) is 22.8. The van der Waals surface area contributed by atoms with Crippen LogP contribution in [-0.2, 0) is 9.47 Å². The van der Waals surface area contributed by atoms with Gasteiger partial charge in [-0.05, 0) is 36.1 Å². The molecule has 1 saturated heterocycles. The zero-order valence-electron chi connectivity index (χ0n) is 18.4. The van der Waals surface area contributed by atoms with Gasteiger partial charge in [0.25, 0.3) is 6.01 Å². The second kappa shape index (κ2) is 9.99. The summed E-state index contributed by atoms with van der Waals surface area (Å²) < 4.78 is 17.0. The molecule has 5 rings (SSSR count). The molecule has 176 valence electrons. The first-order valence-corrected chi connectivity index (χ1v) is 11.9. The fraction of sp³-hybridized carbons (Fsp3) is 0.480. The minimum absolute atomic E-state index is 0.0443. The Morgan fingerprint density at radius 2 is 1.88 bits per heavy atom. The van der Waals surface area contributed by atoms with E-state index in [1.54, 1.807) is 0 Å². The van der Waals surface area contributed by atoms with Crippen molar-refractivity contribution >= 4 is 22.6 Å². The van der Waals surface area contributed by atoms with Crippen molar-refractivity contribution in [3.63, 3.8) is 0 Å². The highest BCUT2D eigenvalue weighted by Gasteiger charge is 2.32. The number of halogens is 1. The van der Waals surface area contributed by atoms with Crippen molar-refractivity contribution in [2.75, 3.05) is 26.4 Å². The average molecular weight is 473 g/mol. The number of aromatic nitrogens is 2. The SMILES string of the molecule is OCCOC1COCC1Oc1nc2cc(-c3ccc(C4CCCCC4O)cc3)c(Cl)cc2[nH]1. The van der Waals surface area contributed by atoms with E-state index < -0.39 is 0 Å². The molecule has 0 bridgehead atoms. The number of hydrogen-bond acceptors (Lipinski definition) is 6. The summed E-state index contributed by atoms with van der Waals surface area (Å²) >= 11 is 6.62. The maximum atomic E-state index is 10.4. The van der Waals surface area contributed by atoms with Gasteiger partial charge < -0.3 is 29.4 Å². The van der Waals surface area contributed by atoms with E-state index in [2.05, 4.69) is 34.2 Å². The number of H-pyrrole nitrogens is 1. The molecule has 2 aromatic carbocycles. The molecule has 0 radical (unpaired) electrons. The number of aromatic amines is 1. The Kier molecular flexibility index (Phi) is 6.85. The number of nitrogens with zero attached hydrogens (tertiary/aromatic N) is 1. The van der Waals surface area contributed by atoms with Crippen LogP contribution in [0.4, 0.5) is 0 Å². The van der Waals surface area contributed by atoms with Crippen LogP contribution in [0, 0.1) is 0 Å². The van der Waals surface area contributed by atoms with Gasteiger partial charge in [-0.2, -0.15) is 4.98 Å². The van der Waals surface area contributed by atoms with E-state index >= 15 is 0 Å². The van der Waals surface area contributed by atoms with Gasteiger partial charge in [-0.1, -0.05) is 48.7 Å². The number of imidazole rings is 1. The molecular formula is C25H29ClN2O5. The summed E-state index contributed by atoms with van der Waals surface area (Å²) in [5, 5.41) is 20.0. The highest BCUT2D eigenvalue weighted by atomic mass is 35.5. The molecule has 1 saturated carbocycles. The molecule has 4 atom stereocenters. The third-order valence-electron chi connectivity index (χ3n) is 6.59. The standard InChI is InChI=1S/C25H29ClN2O5/c26-19-12-21-20(27-25(28-21)33-24-14-31-13-23(24)32-10-9-29)11-18(19)16-7-5-15(6-8-16)17-3-1-2-4-22(17)30/h5-8,11-12,17,22-24,29-30H,1-4,9-10,13-14H2,(H,27,28). The molecule has 1 aliphatic carbocycles. The lowest BCUT2D eigenvalue weighted by atomic mass is 9.81. The molecule has 33 heavy (non-hydrogen) atoms. The van der Waals surface area contributed by atoms with Gasteiger partial charge in [0.05, 0.1) is 48.6 Å². The van der Waals surface area contributed by atoms with Crippen molar-refractivity contribution in [2.45, 2.75) is 49.9 Å². The molecule has 0 amide bonds. The van der Waals surface area contributed by atoms with Gasteiger partial charge in [-0.15, -0.1) is 0 Å². The van der Waals surface area contributed by atoms with Crippen molar-refractivity contribution in [3.05, 3.63) is 47.0 Å². The van der Waals surface area contributed by atoms with Crippen LogP contribution in [0.5, 0.6) is 6.01 Å². The molecule has 2 fully saturated rings. The highest BCUT2D eigenvalue weighted by Crippen LogP contribution is 2.36.